The van der Waals surface area contributed by atoms with Crippen LogP contribution >= 0.6 is 0 Å². The van der Waals surface area contributed by atoms with E-state index in [2.05, 4.69) is 14.8 Å². The predicted molar refractivity (Wildman–Crippen MR) is 81.2 cm³/mol. The van der Waals surface area contributed by atoms with E-state index < -0.39 is 47.4 Å². The highest BCUT2D eigenvalue weighted by Crippen LogP contribution is 2.38. The highest BCUT2D eigenvalue weighted by atomic mass is 32.2. The van der Waals surface area contributed by atoms with Crippen LogP contribution < -0.4 is 15.8 Å². The maximum absolute atomic E-state index is 11.5. The fourth-order valence-corrected chi connectivity index (χ4v) is 3.49. The molecule has 0 saturated carbocycles. The molecular formula is C10H14N4O7S2. The third-order valence-electron chi connectivity index (χ3n) is 3.16. The zero-order valence-electron chi connectivity index (χ0n) is 11.8. The van der Waals surface area contributed by atoms with Crippen LogP contribution in [0.25, 0.3) is 0 Å². The van der Waals surface area contributed by atoms with Gasteiger partial charge in [0, 0.05) is 12.6 Å². The largest absolute Gasteiger partial charge is 0.381 e. The average Bonchev–Trinajstić information content (AvgIpc) is 2.44. The first-order valence-electron chi connectivity index (χ1n) is 6.17. The third kappa shape index (κ3) is 3.87. The van der Waals surface area contributed by atoms with Gasteiger partial charge in [-0.25, -0.2) is 13.6 Å². The van der Waals surface area contributed by atoms with Gasteiger partial charge in [0.05, 0.1) is 34.4 Å². The molecule has 1 aromatic rings. The number of primary sulfonamides is 1. The Hall–Kier alpha value is -1.96. The molecule has 0 fully saturated rings. The number of anilines is 2. The number of hydrogen-bond donors (Lipinski definition) is 3. The van der Waals surface area contributed by atoms with Gasteiger partial charge >= 0.3 is 0 Å². The van der Waals surface area contributed by atoms with Crippen molar-refractivity contribution in [2.45, 2.75) is 10.9 Å². The standard InChI is InChI=1S/C10H14N4O7S2/c1-21-22(17,18)5-6-4-12-8-2-7(23(11,19)20)3-9(14(15)16)10(8)13-6/h2-3,6,12-13H,4-5H2,1H3,(H2,11,19,20)/t6-/m0/s1. The first-order valence-corrected chi connectivity index (χ1v) is 9.30. The number of rotatable bonds is 5. The van der Waals surface area contributed by atoms with E-state index in [1.165, 1.54) is 0 Å². The Morgan fingerprint density at radius 3 is 2.57 bits per heavy atom. The van der Waals surface area contributed by atoms with Crippen molar-refractivity contribution in [1.82, 2.24) is 0 Å². The van der Waals surface area contributed by atoms with Crippen molar-refractivity contribution < 1.29 is 25.9 Å². The minimum atomic E-state index is -4.13. The molecule has 0 aliphatic carbocycles. The minimum absolute atomic E-state index is 0.00930. The molecule has 0 aromatic heterocycles. The number of hydrogen-bond acceptors (Lipinski definition) is 9. The quantitative estimate of drug-likeness (QED) is 0.350. The highest BCUT2D eigenvalue weighted by molar-refractivity contribution is 7.89. The second kappa shape index (κ2) is 5.92. The summed E-state index contributed by atoms with van der Waals surface area (Å²) < 4.78 is 50.1. The van der Waals surface area contributed by atoms with Crippen molar-refractivity contribution in [3.05, 3.63) is 22.2 Å². The molecule has 1 aromatic carbocycles. The van der Waals surface area contributed by atoms with E-state index in [9.17, 15) is 26.9 Å². The number of nitrogens with one attached hydrogen (secondary N) is 2. The molecule has 0 radical (unpaired) electrons. The molecule has 4 N–H and O–H groups in total. The lowest BCUT2D eigenvalue weighted by molar-refractivity contribution is -0.384. The Morgan fingerprint density at radius 1 is 1.39 bits per heavy atom. The topological polar surface area (TPSA) is 171 Å². The van der Waals surface area contributed by atoms with Gasteiger partial charge in [-0.1, -0.05) is 0 Å². The summed E-state index contributed by atoms with van der Waals surface area (Å²) in [5, 5.41) is 21.6. The molecule has 0 spiro atoms. The summed E-state index contributed by atoms with van der Waals surface area (Å²) in [6.45, 7) is 0.0980. The number of sulfonamides is 1. The number of fused-ring (bicyclic) bond motifs is 1. The Bertz CT molecular complexity index is 850. The van der Waals surface area contributed by atoms with Gasteiger partial charge in [-0.05, 0) is 6.07 Å². The van der Waals surface area contributed by atoms with Crippen LogP contribution in [0.1, 0.15) is 0 Å². The number of nitrogens with zero attached hydrogens (tertiary/aromatic N) is 1. The van der Waals surface area contributed by atoms with Gasteiger partial charge in [-0.15, -0.1) is 0 Å². The van der Waals surface area contributed by atoms with E-state index in [0.717, 1.165) is 19.2 Å². The SMILES string of the molecule is COS(=O)(=O)C[C@@H]1CNc2cc(S(N)(=O)=O)cc([N+](=O)[O-])c2N1. The van der Waals surface area contributed by atoms with Crippen LogP contribution in [0.15, 0.2) is 17.0 Å². The van der Waals surface area contributed by atoms with Crippen LogP contribution in [0.3, 0.4) is 0 Å². The molecule has 1 aliphatic heterocycles. The first-order chi connectivity index (χ1) is 10.5. The number of nitrogens with two attached hydrogens (primary N) is 1. The molecule has 2 rings (SSSR count). The van der Waals surface area contributed by atoms with Gasteiger partial charge in [0.15, 0.2) is 0 Å². The molecule has 11 nitrogen and oxygen atoms in total. The summed E-state index contributed by atoms with van der Waals surface area (Å²) >= 11 is 0. The molecule has 13 heteroatoms. The lowest BCUT2D eigenvalue weighted by Gasteiger charge is -2.27. The van der Waals surface area contributed by atoms with E-state index in [4.69, 9.17) is 5.14 Å². The molecular weight excluding hydrogens is 352 g/mol. The number of nitro groups is 1. The maximum Gasteiger partial charge on any atom is 0.295 e. The molecule has 1 heterocycles. The molecule has 1 aliphatic rings. The Labute approximate surface area is 132 Å². The van der Waals surface area contributed by atoms with Gasteiger partial charge < -0.3 is 10.6 Å². The van der Waals surface area contributed by atoms with Crippen LogP contribution in [0.2, 0.25) is 0 Å². The smallest absolute Gasteiger partial charge is 0.295 e. The first kappa shape index (κ1) is 17.4. The summed E-state index contributed by atoms with van der Waals surface area (Å²) in [4.78, 5) is 9.96. The monoisotopic (exact) mass is 366 g/mol. The summed E-state index contributed by atoms with van der Waals surface area (Å²) in [5.41, 5.74) is -0.391. The van der Waals surface area contributed by atoms with E-state index in [-0.39, 0.29) is 17.9 Å². The maximum atomic E-state index is 11.5. The van der Waals surface area contributed by atoms with Crippen molar-refractivity contribution in [3.63, 3.8) is 0 Å². The summed E-state index contributed by atoms with van der Waals surface area (Å²) in [6, 6.07) is 1.27. The van der Waals surface area contributed by atoms with Crippen molar-refractivity contribution in [3.8, 4) is 0 Å². The summed E-state index contributed by atoms with van der Waals surface area (Å²) in [5.74, 6) is -0.413. The van der Waals surface area contributed by atoms with Gasteiger partial charge in [0.2, 0.25) is 10.0 Å². The summed E-state index contributed by atoms with van der Waals surface area (Å²) in [7, 11) is -6.89. The second-order valence-electron chi connectivity index (χ2n) is 4.78. The van der Waals surface area contributed by atoms with Crippen molar-refractivity contribution >= 4 is 37.2 Å². The van der Waals surface area contributed by atoms with E-state index in [0.29, 0.717) is 0 Å². The minimum Gasteiger partial charge on any atom is -0.381 e. The predicted octanol–water partition coefficient (Wildman–Crippen LogP) is -0.576. The van der Waals surface area contributed by atoms with Gasteiger partial charge in [0.1, 0.15) is 5.69 Å². The Balaban J connectivity index is 2.45. The third-order valence-corrected chi connectivity index (χ3v) is 5.37. The van der Waals surface area contributed by atoms with Crippen molar-refractivity contribution in [2.24, 2.45) is 5.14 Å². The molecule has 23 heavy (non-hydrogen) atoms. The van der Waals surface area contributed by atoms with Crippen LogP contribution in [0.4, 0.5) is 17.1 Å². The summed E-state index contributed by atoms with van der Waals surface area (Å²) in [6.07, 6.45) is 0. The lowest BCUT2D eigenvalue weighted by atomic mass is 10.1. The van der Waals surface area contributed by atoms with E-state index in [1.54, 1.807) is 0 Å². The van der Waals surface area contributed by atoms with Crippen LogP contribution in [-0.4, -0.2) is 47.2 Å². The second-order valence-corrected chi connectivity index (χ2v) is 8.12. The number of nitro benzene ring substituents is 1. The van der Waals surface area contributed by atoms with Gasteiger partial charge in [-0.3, -0.25) is 14.3 Å². The molecule has 0 unspecified atom stereocenters. The lowest BCUT2D eigenvalue weighted by Crippen LogP contribution is -2.39. The van der Waals surface area contributed by atoms with E-state index in [1.807, 2.05) is 0 Å². The molecule has 1 atom stereocenters. The molecule has 0 bridgehead atoms. The number of benzene rings is 1. The fraction of sp³-hybridized carbons (Fsp3) is 0.400. The van der Waals surface area contributed by atoms with Crippen molar-refractivity contribution in [2.75, 3.05) is 30.0 Å². The van der Waals surface area contributed by atoms with Crippen molar-refractivity contribution in [1.29, 1.82) is 0 Å². The highest BCUT2D eigenvalue weighted by Gasteiger charge is 2.30. The zero-order chi connectivity index (χ0) is 17.4. The molecule has 0 saturated heterocycles. The average molecular weight is 366 g/mol. The zero-order valence-corrected chi connectivity index (χ0v) is 13.5. The van der Waals surface area contributed by atoms with Crippen LogP contribution in [0.5, 0.6) is 0 Å². The van der Waals surface area contributed by atoms with Gasteiger partial charge in [-0.2, -0.15) is 8.42 Å². The Morgan fingerprint density at radius 2 is 2.04 bits per heavy atom. The van der Waals surface area contributed by atoms with E-state index >= 15 is 0 Å². The van der Waals surface area contributed by atoms with Gasteiger partial charge in [0.25, 0.3) is 15.8 Å². The normalized spacial score (nSPS) is 17.7. The Kier molecular flexibility index (Phi) is 4.48. The molecule has 0 amide bonds. The van der Waals surface area contributed by atoms with Crippen LogP contribution in [-0.2, 0) is 24.3 Å². The fourth-order valence-electron chi connectivity index (χ4n) is 2.10. The van der Waals surface area contributed by atoms with Crippen LogP contribution in [0, 0.1) is 10.1 Å². The molecule has 128 valence electrons.